The van der Waals surface area contributed by atoms with Crippen LogP contribution in [0.4, 0.5) is 11.4 Å². The SMILES string of the molecule is CC[C@H](C)NC(=O)c1cc(NS(=O)(=O)c2ccc(C3CCCCC3)cc2)ccc1N1CCNCC1. The van der Waals surface area contributed by atoms with Crippen molar-refractivity contribution in [3.63, 3.8) is 0 Å². The fraction of sp³-hybridized carbons (Fsp3) is 0.519. The van der Waals surface area contributed by atoms with E-state index in [0.717, 1.165) is 38.3 Å². The van der Waals surface area contributed by atoms with Crippen molar-refractivity contribution < 1.29 is 13.2 Å². The minimum atomic E-state index is -3.77. The van der Waals surface area contributed by atoms with Crippen molar-refractivity contribution >= 4 is 27.3 Å². The van der Waals surface area contributed by atoms with Gasteiger partial charge in [0, 0.05) is 43.6 Å². The maximum absolute atomic E-state index is 13.2. The molecule has 1 aliphatic heterocycles. The van der Waals surface area contributed by atoms with E-state index < -0.39 is 10.0 Å². The van der Waals surface area contributed by atoms with Gasteiger partial charge in [-0.2, -0.15) is 0 Å². The van der Waals surface area contributed by atoms with Crippen LogP contribution >= 0.6 is 0 Å². The molecule has 0 unspecified atom stereocenters. The number of benzene rings is 2. The van der Waals surface area contributed by atoms with E-state index in [-0.39, 0.29) is 16.8 Å². The van der Waals surface area contributed by atoms with Crippen LogP contribution in [-0.2, 0) is 10.0 Å². The lowest BCUT2D eigenvalue weighted by atomic mass is 9.84. The second-order valence-electron chi connectivity index (χ2n) is 9.76. The molecule has 3 N–H and O–H groups in total. The number of hydrogen-bond acceptors (Lipinski definition) is 5. The molecule has 7 nitrogen and oxygen atoms in total. The predicted octanol–water partition coefficient (Wildman–Crippen LogP) is 4.47. The van der Waals surface area contributed by atoms with Gasteiger partial charge >= 0.3 is 0 Å². The fourth-order valence-corrected chi connectivity index (χ4v) is 5.99. The Morgan fingerprint density at radius 1 is 1.06 bits per heavy atom. The Kier molecular flexibility index (Phi) is 8.34. The number of hydrogen-bond donors (Lipinski definition) is 3. The van der Waals surface area contributed by atoms with Crippen molar-refractivity contribution in [3.05, 3.63) is 53.6 Å². The second-order valence-corrected chi connectivity index (χ2v) is 11.4. The molecule has 1 saturated heterocycles. The van der Waals surface area contributed by atoms with Crippen LogP contribution in [0, 0.1) is 0 Å². The molecule has 1 atom stereocenters. The summed E-state index contributed by atoms with van der Waals surface area (Å²) < 4.78 is 29.0. The van der Waals surface area contributed by atoms with Crippen LogP contribution in [0.25, 0.3) is 0 Å². The molecule has 0 aromatic heterocycles. The lowest BCUT2D eigenvalue weighted by Gasteiger charge is -2.31. The summed E-state index contributed by atoms with van der Waals surface area (Å²) in [5, 5.41) is 6.35. The molecule has 2 fully saturated rings. The van der Waals surface area contributed by atoms with E-state index in [4.69, 9.17) is 0 Å². The molecule has 2 aromatic rings. The lowest BCUT2D eigenvalue weighted by Crippen LogP contribution is -2.44. The Morgan fingerprint density at radius 3 is 2.40 bits per heavy atom. The van der Waals surface area contributed by atoms with Gasteiger partial charge < -0.3 is 15.5 Å². The van der Waals surface area contributed by atoms with Gasteiger partial charge in [-0.3, -0.25) is 9.52 Å². The van der Waals surface area contributed by atoms with Gasteiger partial charge in [0.05, 0.1) is 10.5 Å². The Hall–Kier alpha value is -2.58. The summed E-state index contributed by atoms with van der Waals surface area (Å²) in [7, 11) is -3.77. The number of sulfonamides is 1. The number of anilines is 2. The van der Waals surface area contributed by atoms with Crippen molar-refractivity contribution in [1.82, 2.24) is 10.6 Å². The summed E-state index contributed by atoms with van der Waals surface area (Å²) in [4.78, 5) is 15.5. The molecule has 8 heteroatoms. The molecule has 0 radical (unpaired) electrons. The molecule has 1 heterocycles. The minimum absolute atomic E-state index is 0.0291. The molecule has 1 saturated carbocycles. The number of nitrogens with one attached hydrogen (secondary N) is 3. The average Bonchev–Trinajstić information content (AvgIpc) is 2.89. The molecular weight excluding hydrogens is 460 g/mol. The van der Waals surface area contributed by atoms with Gasteiger partial charge in [-0.1, -0.05) is 38.3 Å². The van der Waals surface area contributed by atoms with Crippen molar-refractivity contribution in [3.8, 4) is 0 Å². The third-order valence-corrected chi connectivity index (χ3v) is 8.61. The Morgan fingerprint density at radius 2 is 1.74 bits per heavy atom. The van der Waals surface area contributed by atoms with E-state index in [9.17, 15) is 13.2 Å². The lowest BCUT2D eigenvalue weighted by molar-refractivity contribution is 0.0939. The number of nitrogens with zero attached hydrogens (tertiary/aromatic N) is 1. The third-order valence-electron chi connectivity index (χ3n) is 7.21. The van der Waals surface area contributed by atoms with Crippen molar-refractivity contribution in [2.24, 2.45) is 0 Å². The zero-order valence-electron chi connectivity index (χ0n) is 20.8. The largest absolute Gasteiger partial charge is 0.368 e. The van der Waals surface area contributed by atoms with Gasteiger partial charge in [-0.15, -0.1) is 0 Å². The Labute approximate surface area is 209 Å². The van der Waals surface area contributed by atoms with Gasteiger partial charge in [0.1, 0.15) is 0 Å². The molecule has 1 aliphatic carbocycles. The number of rotatable bonds is 8. The highest BCUT2D eigenvalue weighted by Gasteiger charge is 2.22. The van der Waals surface area contributed by atoms with Crippen LogP contribution in [0.3, 0.4) is 0 Å². The molecule has 35 heavy (non-hydrogen) atoms. The maximum atomic E-state index is 13.2. The first-order chi connectivity index (χ1) is 16.9. The fourth-order valence-electron chi connectivity index (χ4n) is 4.94. The topological polar surface area (TPSA) is 90.5 Å². The maximum Gasteiger partial charge on any atom is 0.261 e. The molecular formula is C27H38N4O3S. The zero-order valence-corrected chi connectivity index (χ0v) is 21.7. The molecule has 1 amide bonds. The van der Waals surface area contributed by atoms with Crippen LogP contribution in [0.5, 0.6) is 0 Å². The molecule has 4 rings (SSSR count). The highest BCUT2D eigenvalue weighted by molar-refractivity contribution is 7.92. The highest BCUT2D eigenvalue weighted by Crippen LogP contribution is 2.33. The normalized spacial score (nSPS) is 18.2. The predicted molar refractivity (Wildman–Crippen MR) is 142 cm³/mol. The standard InChI is InChI=1S/C27H38N4O3S/c1-3-20(2)29-27(32)25-19-23(11-14-26(25)31-17-15-28-16-18-31)30-35(33,34)24-12-9-22(10-13-24)21-7-5-4-6-8-21/h9-14,19-21,28,30H,3-8,15-18H2,1-2H3,(H,29,32)/t20-/m0/s1. The summed E-state index contributed by atoms with van der Waals surface area (Å²) >= 11 is 0. The minimum Gasteiger partial charge on any atom is -0.368 e. The summed E-state index contributed by atoms with van der Waals surface area (Å²) in [6.07, 6.45) is 6.93. The Bertz CT molecular complexity index is 1110. The molecule has 2 aliphatic rings. The smallest absolute Gasteiger partial charge is 0.261 e. The van der Waals surface area contributed by atoms with E-state index in [1.165, 1.54) is 37.7 Å². The van der Waals surface area contributed by atoms with Crippen LogP contribution in [0.2, 0.25) is 0 Å². The van der Waals surface area contributed by atoms with E-state index in [1.807, 2.05) is 32.0 Å². The summed E-state index contributed by atoms with van der Waals surface area (Å²) in [6.45, 7) is 7.26. The number of carbonyl (C=O) groups is 1. The van der Waals surface area contributed by atoms with Crippen LogP contribution < -0.4 is 20.3 Å². The summed E-state index contributed by atoms with van der Waals surface area (Å²) in [5.74, 6) is 0.336. The average molecular weight is 499 g/mol. The third kappa shape index (κ3) is 6.35. The van der Waals surface area contributed by atoms with Crippen LogP contribution in [0.15, 0.2) is 47.4 Å². The van der Waals surface area contributed by atoms with E-state index in [1.54, 1.807) is 24.3 Å². The quantitative estimate of drug-likeness (QED) is 0.500. The van der Waals surface area contributed by atoms with E-state index in [0.29, 0.717) is 17.2 Å². The van der Waals surface area contributed by atoms with Gasteiger partial charge in [-0.25, -0.2) is 8.42 Å². The van der Waals surface area contributed by atoms with Gasteiger partial charge in [0.15, 0.2) is 0 Å². The number of carbonyl (C=O) groups excluding carboxylic acids is 1. The van der Waals surface area contributed by atoms with Gasteiger partial charge in [0.25, 0.3) is 15.9 Å². The molecule has 0 bridgehead atoms. The monoisotopic (exact) mass is 498 g/mol. The van der Waals surface area contributed by atoms with Gasteiger partial charge in [-0.05, 0) is 68.0 Å². The first kappa shape index (κ1) is 25.5. The van der Waals surface area contributed by atoms with Crippen molar-refractivity contribution in [1.29, 1.82) is 0 Å². The van der Waals surface area contributed by atoms with Crippen molar-refractivity contribution in [2.45, 2.75) is 69.2 Å². The number of amides is 1. The summed E-state index contributed by atoms with van der Waals surface area (Å²) in [6, 6.07) is 12.6. The highest BCUT2D eigenvalue weighted by atomic mass is 32.2. The number of piperazine rings is 1. The molecule has 190 valence electrons. The van der Waals surface area contributed by atoms with Crippen molar-refractivity contribution in [2.75, 3.05) is 35.8 Å². The van der Waals surface area contributed by atoms with E-state index in [2.05, 4.69) is 20.3 Å². The van der Waals surface area contributed by atoms with Crippen LogP contribution in [-0.4, -0.2) is 46.5 Å². The second kappa shape index (κ2) is 11.4. The van der Waals surface area contributed by atoms with Gasteiger partial charge in [0.2, 0.25) is 0 Å². The summed E-state index contributed by atoms with van der Waals surface area (Å²) in [5.41, 5.74) is 2.91. The first-order valence-electron chi connectivity index (χ1n) is 12.9. The molecule has 0 spiro atoms. The molecule has 2 aromatic carbocycles. The van der Waals surface area contributed by atoms with E-state index >= 15 is 0 Å². The van der Waals surface area contributed by atoms with Crippen LogP contribution in [0.1, 0.15) is 74.2 Å². The first-order valence-corrected chi connectivity index (χ1v) is 14.4. The Balaban J connectivity index is 1.56. The zero-order chi connectivity index (χ0) is 24.8.